The van der Waals surface area contributed by atoms with E-state index in [0.717, 1.165) is 16.2 Å². The summed E-state index contributed by atoms with van der Waals surface area (Å²) >= 11 is 5.94. The van der Waals surface area contributed by atoms with E-state index in [0.29, 0.717) is 23.0 Å². The topological polar surface area (TPSA) is 71.9 Å². The minimum Gasteiger partial charge on any atom is -0.495 e. The fourth-order valence-corrected chi connectivity index (χ4v) is 2.90. The zero-order chi connectivity index (χ0) is 19.8. The molecular formula is C20H25ClN3O3+. The molecule has 0 fully saturated rings. The van der Waals surface area contributed by atoms with Crippen molar-refractivity contribution in [2.45, 2.75) is 13.8 Å². The largest absolute Gasteiger partial charge is 0.495 e. The van der Waals surface area contributed by atoms with Crippen molar-refractivity contribution in [1.29, 1.82) is 0 Å². The normalized spacial score (nSPS) is 11.6. The first-order valence-electron chi connectivity index (χ1n) is 8.75. The lowest BCUT2D eigenvalue weighted by molar-refractivity contribution is -0.881. The van der Waals surface area contributed by atoms with Gasteiger partial charge in [0.1, 0.15) is 5.75 Å². The van der Waals surface area contributed by atoms with E-state index in [9.17, 15) is 9.59 Å². The van der Waals surface area contributed by atoms with Crippen LogP contribution in [0.5, 0.6) is 5.75 Å². The Bertz CT molecular complexity index is 811. The van der Waals surface area contributed by atoms with Crippen molar-refractivity contribution in [3.8, 4) is 5.75 Å². The Kier molecular flexibility index (Phi) is 7.64. The van der Waals surface area contributed by atoms with Crippen LogP contribution in [0.1, 0.15) is 12.5 Å². The summed E-state index contributed by atoms with van der Waals surface area (Å²) in [5.41, 5.74) is 2.22. The average Bonchev–Trinajstić information content (AvgIpc) is 2.64. The van der Waals surface area contributed by atoms with Gasteiger partial charge in [-0.05, 0) is 49.7 Å². The number of carbonyl (C=O) groups is 2. The number of likely N-dealkylation sites (N-methyl/N-ethyl adjacent to an activating group) is 1. The van der Waals surface area contributed by atoms with Crippen molar-refractivity contribution in [2.24, 2.45) is 0 Å². The van der Waals surface area contributed by atoms with Crippen LogP contribution in [0, 0.1) is 6.92 Å². The average molecular weight is 391 g/mol. The highest BCUT2D eigenvalue weighted by molar-refractivity contribution is 6.30. The Morgan fingerprint density at radius 2 is 1.67 bits per heavy atom. The Hall–Kier alpha value is -2.57. The minimum absolute atomic E-state index is 0.151. The lowest BCUT2D eigenvalue weighted by Gasteiger charge is -2.18. The summed E-state index contributed by atoms with van der Waals surface area (Å²) in [5.74, 6) is 0.272. The molecule has 1 unspecified atom stereocenters. The van der Waals surface area contributed by atoms with Crippen LogP contribution in [-0.2, 0) is 9.59 Å². The number of anilines is 2. The number of aryl methyl sites for hydroxylation is 1. The third kappa shape index (κ3) is 6.27. The first-order valence-corrected chi connectivity index (χ1v) is 9.13. The van der Waals surface area contributed by atoms with Gasteiger partial charge in [0, 0.05) is 10.7 Å². The quantitative estimate of drug-likeness (QED) is 0.646. The molecule has 6 nitrogen and oxygen atoms in total. The van der Waals surface area contributed by atoms with Crippen molar-refractivity contribution < 1.29 is 19.2 Å². The van der Waals surface area contributed by atoms with Gasteiger partial charge < -0.3 is 20.3 Å². The predicted octanol–water partition coefficient (Wildman–Crippen LogP) is 2.14. The predicted molar refractivity (Wildman–Crippen MR) is 108 cm³/mol. The summed E-state index contributed by atoms with van der Waals surface area (Å²) in [6, 6.07) is 12.5. The first-order chi connectivity index (χ1) is 12.9. The number of quaternary nitrogens is 1. The molecule has 144 valence electrons. The number of benzene rings is 2. The summed E-state index contributed by atoms with van der Waals surface area (Å²) in [6.45, 7) is 4.84. The van der Waals surface area contributed by atoms with Crippen LogP contribution in [0.3, 0.4) is 0 Å². The highest BCUT2D eigenvalue weighted by atomic mass is 35.5. The van der Waals surface area contributed by atoms with Gasteiger partial charge >= 0.3 is 0 Å². The summed E-state index contributed by atoms with van der Waals surface area (Å²) in [5, 5.41) is 6.33. The fourth-order valence-electron chi connectivity index (χ4n) is 2.67. The second kappa shape index (κ2) is 9.94. The van der Waals surface area contributed by atoms with E-state index in [-0.39, 0.29) is 24.9 Å². The molecule has 0 saturated heterocycles. The number of nitrogens with one attached hydrogen (secondary N) is 3. The van der Waals surface area contributed by atoms with Gasteiger partial charge in [0.2, 0.25) is 0 Å². The maximum Gasteiger partial charge on any atom is 0.279 e. The number of hydrogen-bond acceptors (Lipinski definition) is 3. The standard InChI is InChI=1S/C20H24ClN3O3/c1-4-24(12-19(25)22-16-10-9-15(21)11-14(16)2)13-20(26)23-17-7-5-6-8-18(17)27-3/h5-11H,4,12-13H2,1-3H3,(H,22,25)(H,23,26)/p+1. The summed E-state index contributed by atoms with van der Waals surface area (Å²) in [7, 11) is 1.55. The Morgan fingerprint density at radius 3 is 2.26 bits per heavy atom. The molecule has 2 rings (SSSR count). The molecule has 0 heterocycles. The molecule has 0 bridgehead atoms. The number of rotatable bonds is 8. The molecule has 0 aromatic heterocycles. The molecule has 0 saturated carbocycles. The zero-order valence-corrected chi connectivity index (χ0v) is 16.5. The number of para-hydroxylation sites is 2. The lowest BCUT2D eigenvalue weighted by Crippen LogP contribution is -3.13. The highest BCUT2D eigenvalue weighted by Gasteiger charge is 2.18. The molecule has 0 aliphatic heterocycles. The van der Waals surface area contributed by atoms with E-state index in [1.807, 2.05) is 26.0 Å². The molecular weight excluding hydrogens is 366 g/mol. The Balaban J connectivity index is 1.92. The van der Waals surface area contributed by atoms with Crippen molar-refractivity contribution in [1.82, 2.24) is 0 Å². The van der Waals surface area contributed by atoms with Crippen molar-refractivity contribution >= 4 is 34.8 Å². The Labute approximate surface area is 164 Å². The van der Waals surface area contributed by atoms with Gasteiger partial charge in [-0.2, -0.15) is 0 Å². The zero-order valence-electron chi connectivity index (χ0n) is 15.8. The molecule has 7 heteroatoms. The molecule has 0 radical (unpaired) electrons. The second-order valence-electron chi connectivity index (χ2n) is 6.21. The highest BCUT2D eigenvalue weighted by Crippen LogP contribution is 2.22. The monoisotopic (exact) mass is 390 g/mol. The third-order valence-electron chi connectivity index (χ3n) is 4.16. The van der Waals surface area contributed by atoms with Crippen LogP contribution >= 0.6 is 11.6 Å². The van der Waals surface area contributed by atoms with E-state index < -0.39 is 0 Å². The molecule has 2 amide bonds. The molecule has 0 aliphatic rings. The molecule has 27 heavy (non-hydrogen) atoms. The molecule has 1 atom stereocenters. The number of hydrogen-bond donors (Lipinski definition) is 3. The van der Waals surface area contributed by atoms with Crippen molar-refractivity contribution in [3.63, 3.8) is 0 Å². The number of methoxy groups -OCH3 is 1. The maximum atomic E-state index is 12.3. The van der Waals surface area contributed by atoms with Gasteiger partial charge in [-0.15, -0.1) is 0 Å². The van der Waals surface area contributed by atoms with Gasteiger partial charge in [0.05, 0.1) is 19.3 Å². The first kappa shape index (κ1) is 20.7. The van der Waals surface area contributed by atoms with Gasteiger partial charge in [0.15, 0.2) is 13.1 Å². The fraction of sp³-hybridized carbons (Fsp3) is 0.300. The summed E-state index contributed by atoms with van der Waals surface area (Å²) < 4.78 is 5.23. The SMILES string of the molecule is CC[NH+](CC(=O)Nc1ccc(Cl)cc1C)CC(=O)Nc1ccccc1OC. The lowest BCUT2D eigenvalue weighted by atomic mass is 10.2. The van der Waals surface area contributed by atoms with E-state index in [1.54, 1.807) is 37.4 Å². The van der Waals surface area contributed by atoms with E-state index in [1.165, 1.54) is 0 Å². The van der Waals surface area contributed by atoms with Crippen LogP contribution in [0.4, 0.5) is 11.4 Å². The van der Waals surface area contributed by atoms with Gasteiger partial charge in [0.25, 0.3) is 11.8 Å². The molecule has 0 spiro atoms. The van der Waals surface area contributed by atoms with Gasteiger partial charge in [-0.25, -0.2) is 0 Å². The van der Waals surface area contributed by atoms with E-state index in [2.05, 4.69) is 10.6 Å². The van der Waals surface area contributed by atoms with Crippen LogP contribution in [-0.4, -0.2) is 38.6 Å². The van der Waals surface area contributed by atoms with Crippen LogP contribution < -0.4 is 20.3 Å². The van der Waals surface area contributed by atoms with Gasteiger partial charge in [-0.1, -0.05) is 23.7 Å². The van der Waals surface area contributed by atoms with Crippen molar-refractivity contribution in [2.75, 3.05) is 37.4 Å². The molecule has 2 aromatic rings. The molecule has 3 N–H and O–H groups in total. The Morgan fingerprint density at radius 1 is 1.04 bits per heavy atom. The van der Waals surface area contributed by atoms with Crippen LogP contribution in [0.15, 0.2) is 42.5 Å². The molecule has 0 aliphatic carbocycles. The summed E-state index contributed by atoms with van der Waals surface area (Å²) in [6.07, 6.45) is 0. The van der Waals surface area contributed by atoms with Crippen molar-refractivity contribution in [3.05, 3.63) is 53.1 Å². The number of ether oxygens (including phenoxy) is 1. The summed E-state index contributed by atoms with van der Waals surface area (Å²) in [4.78, 5) is 25.5. The number of halogens is 1. The maximum absolute atomic E-state index is 12.3. The van der Waals surface area contributed by atoms with Gasteiger partial charge in [-0.3, -0.25) is 9.59 Å². The van der Waals surface area contributed by atoms with E-state index in [4.69, 9.17) is 16.3 Å². The van der Waals surface area contributed by atoms with Crippen LogP contribution in [0.25, 0.3) is 0 Å². The third-order valence-corrected chi connectivity index (χ3v) is 4.40. The van der Waals surface area contributed by atoms with Crippen LogP contribution in [0.2, 0.25) is 5.02 Å². The number of amides is 2. The number of carbonyl (C=O) groups excluding carboxylic acids is 2. The smallest absolute Gasteiger partial charge is 0.279 e. The minimum atomic E-state index is -0.174. The van der Waals surface area contributed by atoms with E-state index >= 15 is 0 Å². The second-order valence-corrected chi connectivity index (χ2v) is 6.65. The molecule has 2 aromatic carbocycles.